The number of nitroso groups, excluding NO2 is 1. The summed E-state index contributed by atoms with van der Waals surface area (Å²) in [6.07, 6.45) is 12.0. The zero-order chi connectivity index (χ0) is 28.8. The Balaban J connectivity index is 0.000000415. The van der Waals surface area contributed by atoms with Gasteiger partial charge in [-0.05, 0) is 57.6 Å². The van der Waals surface area contributed by atoms with Gasteiger partial charge >= 0.3 is 11.7 Å². The molecule has 4 rings (SSSR count). The fraction of sp³-hybridized carbons (Fsp3) is 0.633. The van der Waals surface area contributed by atoms with E-state index >= 15 is 0 Å². The van der Waals surface area contributed by atoms with E-state index in [4.69, 9.17) is 10.6 Å². The van der Waals surface area contributed by atoms with E-state index in [-0.39, 0.29) is 18.0 Å². The van der Waals surface area contributed by atoms with Crippen LogP contribution in [0.3, 0.4) is 0 Å². The van der Waals surface area contributed by atoms with E-state index in [0.717, 1.165) is 53.4 Å². The summed E-state index contributed by atoms with van der Waals surface area (Å²) in [6, 6.07) is 5.57. The van der Waals surface area contributed by atoms with Crippen molar-refractivity contribution in [1.29, 1.82) is 0 Å². The standard InChI is InChI=1S/C21H27N4O2S.C7H14O2.C2H6/c22-25(27)18-12-15(13-20(26)24-10-4-5-11-24)8-9-17(18)19-14-23-21(28-19)16-6-2-1-3-7-16;1-4-5-7(8)9-6(2)3;1-2/h8-9,12,14,16H,1-7,10-11,13H2,(H2,22,27);6H,4-5H2,1-3H3;1-2H3/q+1;;. The molecule has 1 aromatic carbocycles. The Morgan fingerprint density at radius 2 is 1.79 bits per heavy atom. The molecule has 39 heavy (non-hydrogen) atoms. The first kappa shape index (κ1) is 32.4. The largest absolute Gasteiger partial charge is 0.463 e. The van der Waals surface area contributed by atoms with Crippen molar-refractivity contribution in [2.45, 2.75) is 111 Å². The number of likely N-dealkylation sites (tertiary alicyclic amines) is 1. The minimum absolute atomic E-state index is 0.0315. The van der Waals surface area contributed by atoms with Crippen molar-refractivity contribution in [3.8, 4) is 10.4 Å². The quantitative estimate of drug-likeness (QED) is 0.160. The number of hydrogen-bond acceptors (Lipinski definition) is 6. The molecule has 216 valence electrons. The highest BCUT2D eigenvalue weighted by Gasteiger charge is 2.25. The van der Waals surface area contributed by atoms with Gasteiger partial charge in [0.15, 0.2) is 4.87 Å². The molecule has 2 fully saturated rings. The Kier molecular flexibility index (Phi) is 14.1. The molecule has 1 saturated heterocycles. The number of amides is 1. The van der Waals surface area contributed by atoms with Gasteiger partial charge in [0.05, 0.1) is 32.9 Å². The van der Waals surface area contributed by atoms with Crippen molar-refractivity contribution < 1.29 is 19.2 Å². The van der Waals surface area contributed by atoms with E-state index in [1.807, 2.05) is 57.8 Å². The number of nitrogens with two attached hydrogens (primary N) is 1. The molecule has 2 heterocycles. The third-order valence-electron chi connectivity index (χ3n) is 6.68. The van der Waals surface area contributed by atoms with E-state index < -0.39 is 0 Å². The molecule has 1 aliphatic carbocycles. The average Bonchev–Trinajstić information content (AvgIpc) is 3.64. The molecule has 2 N–H and O–H groups in total. The van der Waals surface area contributed by atoms with E-state index in [1.54, 1.807) is 17.4 Å². The Labute approximate surface area is 237 Å². The zero-order valence-corrected chi connectivity index (χ0v) is 25.2. The number of ether oxygens (including phenoxy) is 1. The molecular formula is C30H47N4O4S+. The molecular weight excluding hydrogens is 512 g/mol. The molecule has 0 spiro atoms. The van der Waals surface area contributed by atoms with Gasteiger partial charge in [-0.1, -0.05) is 46.1 Å². The maximum Gasteiger partial charge on any atom is 0.306 e. The number of benzene rings is 1. The summed E-state index contributed by atoms with van der Waals surface area (Å²) in [4.78, 5) is 43.0. The van der Waals surface area contributed by atoms with Crippen LogP contribution in [0.5, 0.6) is 0 Å². The van der Waals surface area contributed by atoms with Gasteiger partial charge in [-0.2, -0.15) is 5.84 Å². The van der Waals surface area contributed by atoms with Crippen molar-refractivity contribution in [3.05, 3.63) is 39.9 Å². The average molecular weight is 560 g/mol. The van der Waals surface area contributed by atoms with Crippen LogP contribution in [0.4, 0.5) is 5.69 Å². The Bertz CT molecular complexity index is 1060. The molecule has 1 saturated carbocycles. The van der Waals surface area contributed by atoms with Crippen LogP contribution in [0.2, 0.25) is 0 Å². The summed E-state index contributed by atoms with van der Waals surface area (Å²) in [5.41, 5.74) is 2.00. The van der Waals surface area contributed by atoms with Crippen LogP contribution in [0.25, 0.3) is 10.4 Å². The normalized spacial score (nSPS) is 15.2. The van der Waals surface area contributed by atoms with Gasteiger partial charge < -0.3 is 9.64 Å². The monoisotopic (exact) mass is 559 g/mol. The zero-order valence-electron chi connectivity index (χ0n) is 24.4. The number of esters is 1. The van der Waals surface area contributed by atoms with E-state index in [1.165, 1.54) is 32.1 Å². The number of nitrogens with zero attached hydrogens (tertiary/aromatic N) is 3. The van der Waals surface area contributed by atoms with Gasteiger partial charge in [0.1, 0.15) is 0 Å². The van der Waals surface area contributed by atoms with Crippen molar-refractivity contribution in [3.63, 3.8) is 0 Å². The summed E-state index contributed by atoms with van der Waals surface area (Å²) in [7, 11) is 0. The summed E-state index contributed by atoms with van der Waals surface area (Å²) < 4.78 is 4.85. The van der Waals surface area contributed by atoms with E-state index in [9.17, 15) is 14.5 Å². The van der Waals surface area contributed by atoms with Crippen LogP contribution < -0.4 is 5.84 Å². The van der Waals surface area contributed by atoms with Crippen LogP contribution in [-0.2, 0) is 20.7 Å². The molecule has 2 aliphatic rings. The Morgan fingerprint density at radius 3 is 2.38 bits per heavy atom. The number of rotatable bonds is 8. The van der Waals surface area contributed by atoms with Crippen LogP contribution in [0.15, 0.2) is 24.4 Å². The lowest BCUT2D eigenvalue weighted by Gasteiger charge is -2.18. The van der Waals surface area contributed by atoms with Crippen LogP contribution in [-0.4, -0.2) is 45.8 Å². The van der Waals surface area contributed by atoms with Crippen molar-refractivity contribution >= 4 is 28.9 Å². The van der Waals surface area contributed by atoms with Crippen molar-refractivity contribution in [1.82, 2.24) is 9.88 Å². The summed E-state index contributed by atoms with van der Waals surface area (Å²) in [5.74, 6) is 6.15. The smallest absolute Gasteiger partial charge is 0.306 e. The van der Waals surface area contributed by atoms with Gasteiger partial charge in [0.2, 0.25) is 5.91 Å². The topological polar surface area (TPSA) is 106 Å². The number of carbonyl (C=O) groups is 2. The molecule has 0 bridgehead atoms. The third kappa shape index (κ3) is 10.4. The van der Waals surface area contributed by atoms with E-state index in [0.29, 0.717) is 29.3 Å². The second-order valence-electron chi connectivity index (χ2n) is 10.1. The lowest BCUT2D eigenvalue weighted by atomic mass is 9.90. The number of aromatic nitrogens is 1. The van der Waals surface area contributed by atoms with Crippen LogP contribution >= 0.6 is 11.3 Å². The second kappa shape index (κ2) is 17.0. The molecule has 9 heteroatoms. The second-order valence-corrected chi connectivity index (χ2v) is 11.2. The maximum absolute atomic E-state index is 12.4. The first-order valence-corrected chi connectivity index (χ1v) is 15.4. The van der Waals surface area contributed by atoms with Crippen LogP contribution in [0.1, 0.15) is 109 Å². The lowest BCUT2D eigenvalue weighted by molar-refractivity contribution is -0.474. The first-order valence-electron chi connectivity index (χ1n) is 14.6. The fourth-order valence-corrected chi connectivity index (χ4v) is 5.93. The molecule has 2 aromatic rings. The minimum atomic E-state index is -0.0903. The summed E-state index contributed by atoms with van der Waals surface area (Å²) in [6.45, 7) is 11.3. The SMILES string of the molecule is CC.CCCC(=O)OC(C)C.N[N+](=O)c1cc(CC(=O)N2CCCC2)ccc1-c1cnc(C2CCCCC2)s1. The van der Waals surface area contributed by atoms with Gasteiger partial charge in [-0.3, -0.25) is 9.59 Å². The minimum Gasteiger partial charge on any atom is -0.463 e. The maximum atomic E-state index is 12.4. The van der Waals surface area contributed by atoms with Crippen molar-refractivity contribution in [2.24, 2.45) is 5.84 Å². The highest BCUT2D eigenvalue weighted by Crippen LogP contribution is 2.40. The third-order valence-corrected chi connectivity index (χ3v) is 7.87. The summed E-state index contributed by atoms with van der Waals surface area (Å²) >= 11 is 1.66. The highest BCUT2D eigenvalue weighted by molar-refractivity contribution is 7.15. The van der Waals surface area contributed by atoms with Gasteiger partial charge in [-0.15, -0.1) is 11.3 Å². The number of carbonyl (C=O) groups excluding carboxylic acids is 2. The molecule has 8 nitrogen and oxygen atoms in total. The fourth-order valence-electron chi connectivity index (χ4n) is 4.81. The number of thiazole rings is 1. The van der Waals surface area contributed by atoms with Crippen molar-refractivity contribution in [2.75, 3.05) is 13.1 Å². The number of hydrogen-bond donors (Lipinski definition) is 1. The van der Waals surface area contributed by atoms with E-state index in [2.05, 4.69) is 4.98 Å². The molecule has 1 aromatic heterocycles. The predicted molar refractivity (Wildman–Crippen MR) is 158 cm³/mol. The molecule has 1 aliphatic heterocycles. The Hall–Kier alpha value is -2.81. The van der Waals surface area contributed by atoms with Gasteiger partial charge in [0, 0.05) is 37.7 Å². The molecule has 0 atom stereocenters. The summed E-state index contributed by atoms with van der Waals surface area (Å²) in [5, 5.41) is 1.16. The predicted octanol–water partition coefficient (Wildman–Crippen LogP) is 7.07. The molecule has 0 radical (unpaired) electrons. The molecule has 1 amide bonds. The van der Waals surface area contributed by atoms with Gasteiger partial charge in [-0.25, -0.2) is 4.98 Å². The Morgan fingerprint density at radius 1 is 1.13 bits per heavy atom. The highest BCUT2D eigenvalue weighted by atomic mass is 32.1. The molecule has 0 unspecified atom stereocenters. The first-order chi connectivity index (χ1) is 18.8. The van der Waals surface area contributed by atoms with Gasteiger partial charge in [0.25, 0.3) is 0 Å². The lowest BCUT2D eigenvalue weighted by Crippen LogP contribution is -2.29. The number of hydrazine groups is 1. The van der Waals surface area contributed by atoms with Crippen LogP contribution in [0, 0.1) is 4.91 Å².